The third kappa shape index (κ3) is 1.88. The SMILES string of the molecule is Cc1c(Br)cc([N+](=O)[O-])c(F)c1Br. The van der Waals surface area contributed by atoms with Crippen molar-refractivity contribution in [3.05, 3.63) is 36.5 Å². The Kier molecular flexibility index (Phi) is 3.02. The molecule has 13 heavy (non-hydrogen) atoms. The largest absolute Gasteiger partial charge is 0.307 e. The number of rotatable bonds is 1. The summed E-state index contributed by atoms with van der Waals surface area (Å²) >= 11 is 6.04. The van der Waals surface area contributed by atoms with Gasteiger partial charge in [0, 0.05) is 10.5 Å². The highest BCUT2D eigenvalue weighted by Gasteiger charge is 2.20. The average Bonchev–Trinajstić information content (AvgIpc) is 2.07. The Hall–Kier alpha value is -0.490. The summed E-state index contributed by atoms with van der Waals surface area (Å²) in [5.41, 5.74) is 0.0625. The maximum absolute atomic E-state index is 13.2. The van der Waals surface area contributed by atoms with Crippen molar-refractivity contribution in [3.63, 3.8) is 0 Å². The number of nitro benzene ring substituents is 1. The van der Waals surface area contributed by atoms with Crippen LogP contribution in [0.4, 0.5) is 10.1 Å². The molecule has 6 heteroatoms. The minimum Gasteiger partial charge on any atom is -0.258 e. The third-order valence-corrected chi connectivity index (χ3v) is 3.33. The molecule has 0 atom stereocenters. The van der Waals surface area contributed by atoms with Crippen molar-refractivity contribution in [3.8, 4) is 0 Å². The zero-order chi connectivity index (χ0) is 10.2. The van der Waals surface area contributed by atoms with Gasteiger partial charge < -0.3 is 0 Å². The predicted octanol–water partition coefficient (Wildman–Crippen LogP) is 3.57. The third-order valence-electron chi connectivity index (χ3n) is 1.57. The second-order valence-electron chi connectivity index (χ2n) is 2.39. The van der Waals surface area contributed by atoms with Gasteiger partial charge in [-0.3, -0.25) is 10.1 Å². The Labute approximate surface area is 90.3 Å². The van der Waals surface area contributed by atoms with Gasteiger partial charge in [-0.25, -0.2) is 0 Å². The lowest BCUT2D eigenvalue weighted by Gasteiger charge is -2.02. The van der Waals surface area contributed by atoms with Crippen LogP contribution in [0.1, 0.15) is 5.56 Å². The molecule has 0 bridgehead atoms. The van der Waals surface area contributed by atoms with Crippen LogP contribution in [0.2, 0.25) is 0 Å². The number of halogens is 3. The molecule has 70 valence electrons. The Bertz CT molecular complexity index is 381. The van der Waals surface area contributed by atoms with Gasteiger partial charge in [0.05, 0.1) is 9.40 Å². The summed E-state index contributed by atoms with van der Waals surface area (Å²) in [7, 11) is 0. The van der Waals surface area contributed by atoms with Crippen LogP contribution in [0.5, 0.6) is 0 Å². The monoisotopic (exact) mass is 311 g/mol. The quantitative estimate of drug-likeness (QED) is 0.452. The Morgan fingerprint density at radius 3 is 2.54 bits per heavy atom. The lowest BCUT2D eigenvalue weighted by atomic mass is 10.2. The summed E-state index contributed by atoms with van der Waals surface area (Å²) in [5, 5.41) is 10.4. The van der Waals surface area contributed by atoms with E-state index in [4.69, 9.17) is 0 Å². The van der Waals surface area contributed by atoms with Crippen LogP contribution in [0, 0.1) is 22.9 Å². The van der Waals surface area contributed by atoms with Crippen LogP contribution in [0.3, 0.4) is 0 Å². The minimum atomic E-state index is -0.842. The van der Waals surface area contributed by atoms with E-state index in [1.54, 1.807) is 6.92 Å². The topological polar surface area (TPSA) is 43.1 Å². The molecule has 1 rings (SSSR count). The summed E-state index contributed by atoms with van der Waals surface area (Å²) in [4.78, 5) is 9.60. The first kappa shape index (κ1) is 10.6. The van der Waals surface area contributed by atoms with Crippen molar-refractivity contribution in [2.24, 2.45) is 0 Å². The summed E-state index contributed by atoms with van der Waals surface area (Å²) in [6, 6.07) is 1.15. The molecule has 0 aliphatic heterocycles. The number of nitrogens with zero attached hydrogens (tertiary/aromatic N) is 1. The molecule has 0 radical (unpaired) electrons. The van der Waals surface area contributed by atoms with Crippen molar-refractivity contribution in [1.82, 2.24) is 0 Å². The molecule has 0 aliphatic carbocycles. The molecule has 1 aromatic carbocycles. The average molecular weight is 313 g/mol. The van der Waals surface area contributed by atoms with Crippen LogP contribution < -0.4 is 0 Å². The van der Waals surface area contributed by atoms with Crippen molar-refractivity contribution in [1.29, 1.82) is 0 Å². The van der Waals surface area contributed by atoms with E-state index in [0.29, 0.717) is 10.0 Å². The second kappa shape index (κ2) is 3.71. The molecule has 0 heterocycles. The number of hydrogen-bond donors (Lipinski definition) is 0. The summed E-state index contributed by atoms with van der Waals surface area (Å²) < 4.78 is 13.8. The first-order chi connectivity index (χ1) is 5.95. The molecule has 0 N–H and O–H groups in total. The van der Waals surface area contributed by atoms with Crippen LogP contribution >= 0.6 is 31.9 Å². The van der Waals surface area contributed by atoms with Crippen molar-refractivity contribution in [2.45, 2.75) is 6.92 Å². The molecule has 0 spiro atoms. The fourth-order valence-electron chi connectivity index (χ4n) is 0.806. The smallest absolute Gasteiger partial charge is 0.258 e. The van der Waals surface area contributed by atoms with Gasteiger partial charge in [0.15, 0.2) is 0 Å². The summed E-state index contributed by atoms with van der Waals surface area (Å²) in [6.07, 6.45) is 0. The molecule has 0 aromatic heterocycles. The van der Waals surface area contributed by atoms with Crippen LogP contribution in [-0.4, -0.2) is 4.92 Å². The summed E-state index contributed by atoms with van der Waals surface area (Å²) in [6.45, 7) is 1.65. The molecule has 0 saturated carbocycles. The van der Waals surface area contributed by atoms with Gasteiger partial charge >= 0.3 is 5.69 Å². The van der Waals surface area contributed by atoms with E-state index in [-0.39, 0.29) is 4.47 Å². The zero-order valence-electron chi connectivity index (χ0n) is 6.47. The van der Waals surface area contributed by atoms with Gasteiger partial charge in [0.1, 0.15) is 0 Å². The maximum atomic E-state index is 13.2. The lowest BCUT2D eigenvalue weighted by Crippen LogP contribution is -1.95. The maximum Gasteiger partial charge on any atom is 0.307 e. The van der Waals surface area contributed by atoms with E-state index in [2.05, 4.69) is 31.9 Å². The first-order valence-corrected chi connectivity index (χ1v) is 4.82. The Morgan fingerprint density at radius 1 is 1.54 bits per heavy atom. The molecular weight excluding hydrogens is 309 g/mol. The molecule has 0 aliphatic rings. The van der Waals surface area contributed by atoms with E-state index in [9.17, 15) is 14.5 Å². The fourth-order valence-corrected chi connectivity index (χ4v) is 1.90. The fraction of sp³-hybridized carbons (Fsp3) is 0.143. The normalized spacial score (nSPS) is 10.2. The van der Waals surface area contributed by atoms with Crippen molar-refractivity contribution < 1.29 is 9.31 Å². The molecule has 0 unspecified atom stereocenters. The highest BCUT2D eigenvalue weighted by molar-refractivity contribution is 9.11. The first-order valence-electron chi connectivity index (χ1n) is 3.23. The van der Waals surface area contributed by atoms with E-state index in [0.717, 1.165) is 6.07 Å². The van der Waals surface area contributed by atoms with Gasteiger partial charge in [-0.15, -0.1) is 0 Å². The molecular formula is C7H4Br2FNO2. The number of hydrogen-bond acceptors (Lipinski definition) is 2. The molecule has 0 saturated heterocycles. The van der Waals surface area contributed by atoms with Gasteiger partial charge in [0.2, 0.25) is 5.82 Å². The van der Waals surface area contributed by atoms with Gasteiger partial charge in [-0.1, -0.05) is 15.9 Å². The Balaban J connectivity index is 3.50. The Morgan fingerprint density at radius 2 is 2.08 bits per heavy atom. The van der Waals surface area contributed by atoms with Crippen molar-refractivity contribution in [2.75, 3.05) is 0 Å². The van der Waals surface area contributed by atoms with E-state index < -0.39 is 16.4 Å². The van der Waals surface area contributed by atoms with E-state index >= 15 is 0 Å². The zero-order valence-corrected chi connectivity index (χ0v) is 9.65. The predicted molar refractivity (Wildman–Crippen MR) is 53.2 cm³/mol. The molecule has 3 nitrogen and oxygen atoms in total. The highest BCUT2D eigenvalue weighted by atomic mass is 79.9. The molecule has 0 fully saturated rings. The summed E-state index contributed by atoms with van der Waals surface area (Å²) in [5.74, 6) is -0.842. The van der Waals surface area contributed by atoms with Crippen LogP contribution in [0.15, 0.2) is 15.0 Å². The minimum absolute atomic E-state index is 0.119. The van der Waals surface area contributed by atoms with E-state index in [1.807, 2.05) is 0 Å². The van der Waals surface area contributed by atoms with Crippen LogP contribution in [0.25, 0.3) is 0 Å². The van der Waals surface area contributed by atoms with Crippen molar-refractivity contribution >= 4 is 37.5 Å². The van der Waals surface area contributed by atoms with Gasteiger partial charge in [0.25, 0.3) is 0 Å². The highest BCUT2D eigenvalue weighted by Crippen LogP contribution is 2.33. The van der Waals surface area contributed by atoms with Gasteiger partial charge in [-0.2, -0.15) is 4.39 Å². The standard InChI is InChI=1S/C7H4Br2FNO2/c1-3-4(8)2-5(11(12)13)7(10)6(3)9/h2H,1H3. The molecule has 1 aromatic rings. The number of benzene rings is 1. The van der Waals surface area contributed by atoms with Gasteiger partial charge in [-0.05, 0) is 28.4 Å². The molecule has 0 amide bonds. The van der Waals surface area contributed by atoms with Crippen LogP contribution in [-0.2, 0) is 0 Å². The second-order valence-corrected chi connectivity index (χ2v) is 4.03. The van der Waals surface area contributed by atoms with E-state index in [1.165, 1.54) is 0 Å². The number of nitro groups is 1. The lowest BCUT2D eigenvalue weighted by molar-refractivity contribution is -0.387.